The highest BCUT2D eigenvalue weighted by molar-refractivity contribution is 5.97. The third kappa shape index (κ3) is 2.88. The minimum atomic E-state index is -0.453. The second-order valence-electron chi connectivity index (χ2n) is 4.76. The van der Waals surface area contributed by atoms with Crippen molar-refractivity contribution in [2.75, 3.05) is 6.54 Å². The van der Waals surface area contributed by atoms with Gasteiger partial charge in [0.05, 0.1) is 5.69 Å². The molecule has 0 radical (unpaired) electrons. The molecule has 2 amide bonds. The van der Waals surface area contributed by atoms with E-state index in [1.54, 1.807) is 24.3 Å². The fraction of sp³-hybridized carbons (Fsp3) is 0.308. The Hall–Kier alpha value is -2.77. The largest absolute Gasteiger partial charge is 0.354 e. The van der Waals surface area contributed by atoms with Gasteiger partial charge in [0.2, 0.25) is 5.91 Å². The van der Waals surface area contributed by atoms with Crippen LogP contribution < -0.4 is 10.6 Å². The first kappa shape index (κ1) is 13.2. The number of piperidine rings is 1. The molecular weight excluding hydrogens is 272 g/mol. The SMILES string of the molecule is O=C(N[C@H]1CCCNC1=O)c1ccc(-n2cnnn2)cc1. The summed E-state index contributed by atoms with van der Waals surface area (Å²) >= 11 is 0. The van der Waals surface area contributed by atoms with Crippen molar-refractivity contribution in [3.05, 3.63) is 36.2 Å². The molecule has 8 nitrogen and oxygen atoms in total. The van der Waals surface area contributed by atoms with Crippen molar-refractivity contribution in [1.29, 1.82) is 0 Å². The molecule has 0 aliphatic carbocycles. The van der Waals surface area contributed by atoms with E-state index in [1.165, 1.54) is 11.0 Å². The topological polar surface area (TPSA) is 102 Å². The Bertz CT molecular complexity index is 637. The average molecular weight is 286 g/mol. The maximum atomic E-state index is 12.1. The lowest BCUT2D eigenvalue weighted by atomic mass is 10.1. The van der Waals surface area contributed by atoms with E-state index in [0.717, 1.165) is 12.1 Å². The summed E-state index contributed by atoms with van der Waals surface area (Å²) in [6.07, 6.45) is 3.01. The normalized spacial score (nSPS) is 18.1. The fourth-order valence-corrected chi connectivity index (χ4v) is 2.20. The van der Waals surface area contributed by atoms with Crippen LogP contribution in [0.1, 0.15) is 23.2 Å². The van der Waals surface area contributed by atoms with E-state index in [9.17, 15) is 9.59 Å². The van der Waals surface area contributed by atoms with Crippen molar-refractivity contribution in [3.8, 4) is 5.69 Å². The van der Waals surface area contributed by atoms with Crippen LogP contribution in [0.15, 0.2) is 30.6 Å². The molecule has 1 atom stereocenters. The number of nitrogens with zero attached hydrogens (tertiary/aromatic N) is 4. The molecule has 1 aromatic carbocycles. The van der Waals surface area contributed by atoms with Crippen LogP contribution in [-0.2, 0) is 4.79 Å². The van der Waals surface area contributed by atoms with Crippen LogP contribution in [0, 0.1) is 0 Å². The molecule has 2 heterocycles. The Morgan fingerprint density at radius 2 is 2.14 bits per heavy atom. The highest BCUT2D eigenvalue weighted by atomic mass is 16.2. The van der Waals surface area contributed by atoms with Crippen molar-refractivity contribution < 1.29 is 9.59 Å². The number of tetrazole rings is 1. The van der Waals surface area contributed by atoms with Gasteiger partial charge in [-0.25, -0.2) is 4.68 Å². The van der Waals surface area contributed by atoms with Crippen LogP contribution in [0.2, 0.25) is 0 Å². The van der Waals surface area contributed by atoms with Crippen molar-refractivity contribution >= 4 is 11.8 Å². The van der Waals surface area contributed by atoms with Crippen LogP contribution in [0.5, 0.6) is 0 Å². The van der Waals surface area contributed by atoms with Crippen LogP contribution in [0.3, 0.4) is 0 Å². The molecule has 1 aliphatic rings. The predicted octanol–water partition coefficient (Wildman–Crippen LogP) is -0.329. The number of aromatic nitrogens is 4. The van der Waals surface area contributed by atoms with Gasteiger partial charge in [0.25, 0.3) is 5.91 Å². The molecule has 1 fully saturated rings. The lowest BCUT2D eigenvalue weighted by Crippen LogP contribution is -2.50. The monoisotopic (exact) mass is 286 g/mol. The lowest BCUT2D eigenvalue weighted by molar-refractivity contribution is -0.124. The van der Waals surface area contributed by atoms with Gasteiger partial charge in [-0.1, -0.05) is 0 Å². The molecule has 0 bridgehead atoms. The first-order valence-corrected chi connectivity index (χ1v) is 6.66. The van der Waals surface area contributed by atoms with Crippen LogP contribution in [0.25, 0.3) is 5.69 Å². The highest BCUT2D eigenvalue weighted by Crippen LogP contribution is 2.09. The van der Waals surface area contributed by atoms with Crippen LogP contribution >= 0.6 is 0 Å². The van der Waals surface area contributed by atoms with Gasteiger partial charge in [-0.05, 0) is 47.5 Å². The summed E-state index contributed by atoms with van der Waals surface area (Å²) in [6.45, 7) is 0.672. The van der Waals surface area contributed by atoms with Crippen LogP contribution in [0.4, 0.5) is 0 Å². The van der Waals surface area contributed by atoms with E-state index >= 15 is 0 Å². The molecule has 108 valence electrons. The fourth-order valence-electron chi connectivity index (χ4n) is 2.20. The number of amides is 2. The van der Waals surface area contributed by atoms with Gasteiger partial charge in [0.15, 0.2) is 0 Å². The van der Waals surface area contributed by atoms with Gasteiger partial charge < -0.3 is 10.6 Å². The van der Waals surface area contributed by atoms with E-state index in [4.69, 9.17) is 0 Å². The van der Waals surface area contributed by atoms with Crippen molar-refractivity contribution in [1.82, 2.24) is 30.8 Å². The van der Waals surface area contributed by atoms with Crippen molar-refractivity contribution in [3.63, 3.8) is 0 Å². The Morgan fingerprint density at radius 3 is 2.81 bits per heavy atom. The molecule has 2 N–H and O–H groups in total. The van der Waals surface area contributed by atoms with Gasteiger partial charge in [0, 0.05) is 12.1 Å². The molecule has 21 heavy (non-hydrogen) atoms. The highest BCUT2D eigenvalue weighted by Gasteiger charge is 2.23. The number of nitrogens with one attached hydrogen (secondary N) is 2. The molecule has 0 spiro atoms. The summed E-state index contributed by atoms with van der Waals surface area (Å²) in [5, 5.41) is 16.3. The molecule has 0 unspecified atom stereocenters. The Labute approximate surface area is 120 Å². The Morgan fingerprint density at radius 1 is 1.33 bits per heavy atom. The van der Waals surface area contributed by atoms with E-state index in [1.807, 2.05) is 0 Å². The van der Waals surface area contributed by atoms with E-state index < -0.39 is 6.04 Å². The molecule has 2 aromatic rings. The first-order chi connectivity index (χ1) is 10.2. The smallest absolute Gasteiger partial charge is 0.251 e. The molecule has 1 aliphatic heterocycles. The summed E-state index contributed by atoms with van der Waals surface area (Å²) in [7, 11) is 0. The van der Waals surface area contributed by atoms with Gasteiger partial charge in [-0.3, -0.25) is 9.59 Å². The van der Waals surface area contributed by atoms with E-state index in [0.29, 0.717) is 18.5 Å². The van der Waals surface area contributed by atoms with E-state index in [2.05, 4.69) is 26.2 Å². The molecule has 8 heteroatoms. The first-order valence-electron chi connectivity index (χ1n) is 6.66. The molecule has 3 rings (SSSR count). The maximum absolute atomic E-state index is 12.1. The maximum Gasteiger partial charge on any atom is 0.251 e. The van der Waals surface area contributed by atoms with Crippen LogP contribution in [-0.4, -0.2) is 44.6 Å². The average Bonchev–Trinajstić information content (AvgIpc) is 3.04. The predicted molar refractivity (Wildman–Crippen MR) is 72.7 cm³/mol. The Kier molecular flexibility index (Phi) is 3.59. The van der Waals surface area contributed by atoms with E-state index in [-0.39, 0.29) is 11.8 Å². The quantitative estimate of drug-likeness (QED) is 0.804. The van der Waals surface area contributed by atoms with Crippen molar-refractivity contribution in [2.45, 2.75) is 18.9 Å². The third-order valence-corrected chi connectivity index (χ3v) is 3.33. The number of hydrogen-bond donors (Lipinski definition) is 2. The summed E-state index contributed by atoms with van der Waals surface area (Å²) in [4.78, 5) is 23.7. The summed E-state index contributed by atoms with van der Waals surface area (Å²) < 4.78 is 1.50. The number of carbonyl (C=O) groups is 2. The van der Waals surface area contributed by atoms with Gasteiger partial charge in [-0.15, -0.1) is 5.10 Å². The second-order valence-corrected chi connectivity index (χ2v) is 4.76. The number of rotatable bonds is 3. The molecule has 1 aromatic heterocycles. The summed E-state index contributed by atoms with van der Waals surface area (Å²) in [6, 6.07) is 6.38. The molecule has 0 saturated carbocycles. The minimum absolute atomic E-state index is 0.125. The summed E-state index contributed by atoms with van der Waals surface area (Å²) in [5.41, 5.74) is 1.25. The molecule has 1 saturated heterocycles. The lowest BCUT2D eigenvalue weighted by Gasteiger charge is -2.22. The minimum Gasteiger partial charge on any atom is -0.354 e. The zero-order valence-corrected chi connectivity index (χ0v) is 11.2. The zero-order valence-electron chi connectivity index (χ0n) is 11.2. The zero-order chi connectivity index (χ0) is 14.7. The number of benzene rings is 1. The Balaban J connectivity index is 1.69. The summed E-state index contributed by atoms with van der Waals surface area (Å²) in [5.74, 6) is -0.389. The van der Waals surface area contributed by atoms with Gasteiger partial charge >= 0.3 is 0 Å². The second kappa shape index (κ2) is 5.70. The van der Waals surface area contributed by atoms with Gasteiger partial charge in [0.1, 0.15) is 12.4 Å². The van der Waals surface area contributed by atoms with Crippen molar-refractivity contribution in [2.24, 2.45) is 0 Å². The number of carbonyl (C=O) groups excluding carboxylic acids is 2. The number of hydrogen-bond acceptors (Lipinski definition) is 5. The standard InChI is InChI=1S/C13H14N6O2/c20-12(16-11-2-1-7-14-13(11)21)9-3-5-10(6-4-9)19-8-15-17-18-19/h3-6,8,11H,1-2,7H2,(H,14,21)(H,16,20)/t11-/m0/s1. The third-order valence-electron chi connectivity index (χ3n) is 3.33. The molecular formula is C13H14N6O2. The van der Waals surface area contributed by atoms with Gasteiger partial charge in [-0.2, -0.15) is 0 Å².